The third-order valence-electron chi connectivity index (χ3n) is 4.82. The first-order valence-electron chi connectivity index (χ1n) is 8.60. The van der Waals surface area contributed by atoms with E-state index in [-0.39, 0.29) is 5.56 Å². The Morgan fingerprint density at radius 3 is 2.62 bits per heavy atom. The van der Waals surface area contributed by atoms with Crippen molar-refractivity contribution in [2.75, 3.05) is 37.6 Å². The van der Waals surface area contributed by atoms with E-state index in [1.165, 1.54) is 4.68 Å². The summed E-state index contributed by atoms with van der Waals surface area (Å²) in [5.41, 5.74) is 0.870. The number of nitrogens with zero attached hydrogens (tertiary/aromatic N) is 4. The van der Waals surface area contributed by atoms with Crippen LogP contribution < -0.4 is 10.5 Å². The van der Waals surface area contributed by atoms with Crippen LogP contribution in [0.1, 0.15) is 30.8 Å². The predicted octanol–water partition coefficient (Wildman–Crippen LogP) is 2.00. The molecule has 1 atom stereocenters. The smallest absolute Gasteiger partial charge is 0.268 e. The van der Waals surface area contributed by atoms with E-state index < -0.39 is 0 Å². The number of anilines is 1. The number of aryl methyl sites for hydroxylation is 2. The van der Waals surface area contributed by atoms with Gasteiger partial charge < -0.3 is 9.32 Å². The van der Waals surface area contributed by atoms with Crippen molar-refractivity contribution in [3.8, 4) is 0 Å². The summed E-state index contributed by atoms with van der Waals surface area (Å²) >= 11 is 0. The third-order valence-corrected chi connectivity index (χ3v) is 4.82. The van der Waals surface area contributed by atoms with Gasteiger partial charge in [-0.2, -0.15) is 5.10 Å². The maximum absolute atomic E-state index is 11.7. The average Bonchev–Trinajstić information content (AvgIpc) is 3.02. The minimum Gasteiger partial charge on any atom is -0.466 e. The molecule has 24 heavy (non-hydrogen) atoms. The summed E-state index contributed by atoms with van der Waals surface area (Å²) in [6.45, 7) is 9.18. The fraction of sp³-hybridized carbons (Fsp3) is 0.556. The fourth-order valence-corrected chi connectivity index (χ4v) is 3.10. The summed E-state index contributed by atoms with van der Waals surface area (Å²) in [5, 5.41) is 4.11. The lowest BCUT2D eigenvalue weighted by Crippen LogP contribution is -2.47. The molecule has 0 aromatic carbocycles. The molecule has 0 saturated carbocycles. The van der Waals surface area contributed by atoms with E-state index in [1.54, 1.807) is 19.3 Å². The van der Waals surface area contributed by atoms with Crippen molar-refractivity contribution >= 4 is 5.69 Å². The minimum absolute atomic E-state index is 0.0579. The zero-order valence-corrected chi connectivity index (χ0v) is 14.7. The molecule has 0 aliphatic carbocycles. The topological polar surface area (TPSA) is 54.5 Å². The molecule has 0 spiro atoms. The minimum atomic E-state index is -0.0579. The van der Waals surface area contributed by atoms with Crippen LogP contribution in [0.25, 0.3) is 0 Å². The highest BCUT2D eigenvalue weighted by Gasteiger charge is 2.19. The summed E-state index contributed by atoms with van der Waals surface area (Å²) in [6.07, 6.45) is 2.87. The monoisotopic (exact) mass is 330 g/mol. The SMILES string of the molecule is Cc1ccc([C@H](C)CCN2CCN(c3cnn(C)c(=O)c3)CC2)o1. The van der Waals surface area contributed by atoms with Gasteiger partial charge in [0.1, 0.15) is 11.5 Å². The Hall–Kier alpha value is -2.08. The second kappa shape index (κ2) is 7.21. The summed E-state index contributed by atoms with van der Waals surface area (Å²) in [4.78, 5) is 16.4. The second-order valence-corrected chi connectivity index (χ2v) is 6.64. The van der Waals surface area contributed by atoms with E-state index >= 15 is 0 Å². The van der Waals surface area contributed by atoms with Crippen molar-refractivity contribution in [2.24, 2.45) is 7.05 Å². The molecule has 1 fully saturated rings. The lowest BCUT2D eigenvalue weighted by Gasteiger charge is -2.36. The molecule has 1 aliphatic rings. The van der Waals surface area contributed by atoms with Crippen LogP contribution in [0.15, 0.2) is 33.6 Å². The molecule has 0 N–H and O–H groups in total. The van der Waals surface area contributed by atoms with Crippen molar-refractivity contribution in [3.05, 3.63) is 46.3 Å². The molecule has 3 rings (SSSR count). The Bertz CT molecular complexity index is 729. The van der Waals surface area contributed by atoms with Crippen LogP contribution in [0, 0.1) is 6.92 Å². The van der Waals surface area contributed by atoms with Crippen LogP contribution in [0.2, 0.25) is 0 Å². The second-order valence-electron chi connectivity index (χ2n) is 6.64. The van der Waals surface area contributed by atoms with Gasteiger partial charge in [-0.15, -0.1) is 0 Å². The number of piperazine rings is 1. The average molecular weight is 330 g/mol. The molecule has 6 nitrogen and oxygen atoms in total. The Morgan fingerprint density at radius 2 is 2.00 bits per heavy atom. The maximum atomic E-state index is 11.7. The number of hydrogen-bond acceptors (Lipinski definition) is 5. The molecule has 0 radical (unpaired) electrons. The molecule has 0 amide bonds. The van der Waals surface area contributed by atoms with E-state index in [1.807, 2.05) is 13.0 Å². The molecule has 2 aromatic heterocycles. The van der Waals surface area contributed by atoms with Crippen molar-refractivity contribution < 1.29 is 4.42 Å². The van der Waals surface area contributed by atoms with Crippen LogP contribution >= 0.6 is 0 Å². The van der Waals surface area contributed by atoms with E-state index in [0.29, 0.717) is 5.92 Å². The van der Waals surface area contributed by atoms with Gasteiger partial charge in [0, 0.05) is 45.2 Å². The number of furan rings is 1. The van der Waals surface area contributed by atoms with Crippen molar-refractivity contribution in [1.82, 2.24) is 14.7 Å². The Kier molecular flexibility index (Phi) is 5.04. The molecular weight excluding hydrogens is 304 g/mol. The number of rotatable bonds is 5. The van der Waals surface area contributed by atoms with Gasteiger partial charge in [-0.05, 0) is 32.0 Å². The van der Waals surface area contributed by atoms with E-state index in [0.717, 1.165) is 56.4 Å². The molecule has 1 saturated heterocycles. The Morgan fingerprint density at radius 1 is 1.25 bits per heavy atom. The lowest BCUT2D eigenvalue weighted by molar-refractivity contribution is 0.246. The molecular formula is C18H26N4O2. The zero-order chi connectivity index (χ0) is 17.1. The zero-order valence-electron chi connectivity index (χ0n) is 14.7. The van der Waals surface area contributed by atoms with Gasteiger partial charge >= 0.3 is 0 Å². The molecule has 3 heterocycles. The normalized spacial score (nSPS) is 17.2. The van der Waals surface area contributed by atoms with Gasteiger partial charge in [0.2, 0.25) is 0 Å². The van der Waals surface area contributed by atoms with Crippen LogP contribution in [0.4, 0.5) is 5.69 Å². The highest BCUT2D eigenvalue weighted by Crippen LogP contribution is 2.22. The van der Waals surface area contributed by atoms with E-state index in [2.05, 4.69) is 27.9 Å². The molecule has 6 heteroatoms. The van der Waals surface area contributed by atoms with Gasteiger partial charge in [0.05, 0.1) is 11.9 Å². The first-order chi connectivity index (χ1) is 11.5. The first-order valence-corrected chi connectivity index (χ1v) is 8.60. The van der Waals surface area contributed by atoms with Gasteiger partial charge in [-0.1, -0.05) is 6.92 Å². The van der Waals surface area contributed by atoms with Crippen molar-refractivity contribution in [3.63, 3.8) is 0 Å². The van der Waals surface area contributed by atoms with E-state index in [4.69, 9.17) is 4.42 Å². The quantitative estimate of drug-likeness (QED) is 0.839. The third kappa shape index (κ3) is 3.87. The Labute approximate surface area is 142 Å². The lowest BCUT2D eigenvalue weighted by atomic mass is 10.0. The van der Waals surface area contributed by atoms with Gasteiger partial charge in [-0.3, -0.25) is 9.69 Å². The van der Waals surface area contributed by atoms with Gasteiger partial charge in [0.25, 0.3) is 5.56 Å². The Balaban J connectivity index is 1.48. The highest BCUT2D eigenvalue weighted by atomic mass is 16.3. The summed E-state index contributed by atoms with van der Waals surface area (Å²) in [7, 11) is 1.67. The molecule has 2 aromatic rings. The van der Waals surface area contributed by atoms with Crippen LogP contribution in [0.3, 0.4) is 0 Å². The van der Waals surface area contributed by atoms with Gasteiger partial charge in [-0.25, -0.2) is 4.68 Å². The summed E-state index contributed by atoms with van der Waals surface area (Å²) in [6, 6.07) is 5.79. The molecule has 0 bridgehead atoms. The first kappa shape index (κ1) is 16.8. The highest BCUT2D eigenvalue weighted by molar-refractivity contribution is 5.43. The molecule has 130 valence electrons. The van der Waals surface area contributed by atoms with Crippen LogP contribution in [-0.2, 0) is 7.05 Å². The van der Waals surface area contributed by atoms with Crippen LogP contribution in [-0.4, -0.2) is 47.4 Å². The fourth-order valence-electron chi connectivity index (χ4n) is 3.10. The number of hydrogen-bond donors (Lipinski definition) is 0. The van der Waals surface area contributed by atoms with Crippen molar-refractivity contribution in [1.29, 1.82) is 0 Å². The standard InChI is InChI=1S/C18H26N4O2/c1-14(17-5-4-15(2)24-17)6-7-21-8-10-22(11-9-21)16-12-18(23)20(3)19-13-16/h4-5,12-14H,6-11H2,1-3H3/t14-/m1/s1. The van der Waals surface area contributed by atoms with Gasteiger partial charge in [0.15, 0.2) is 0 Å². The largest absolute Gasteiger partial charge is 0.466 e. The molecule has 1 aliphatic heterocycles. The number of aromatic nitrogens is 2. The maximum Gasteiger partial charge on any atom is 0.268 e. The van der Waals surface area contributed by atoms with Crippen LogP contribution in [0.5, 0.6) is 0 Å². The molecule has 0 unspecified atom stereocenters. The van der Waals surface area contributed by atoms with Crippen molar-refractivity contribution in [2.45, 2.75) is 26.2 Å². The van der Waals surface area contributed by atoms with E-state index in [9.17, 15) is 4.79 Å². The summed E-state index contributed by atoms with van der Waals surface area (Å²) in [5.74, 6) is 2.50. The predicted molar refractivity (Wildman–Crippen MR) is 94.6 cm³/mol. The summed E-state index contributed by atoms with van der Waals surface area (Å²) < 4.78 is 7.07.